The van der Waals surface area contributed by atoms with Gasteiger partial charge in [-0.1, -0.05) is 5.16 Å². The van der Waals surface area contributed by atoms with Gasteiger partial charge in [0.15, 0.2) is 0 Å². The third-order valence-electron chi connectivity index (χ3n) is 4.82. The molecule has 7 heteroatoms. The summed E-state index contributed by atoms with van der Waals surface area (Å²) in [6, 6.07) is 8.47. The van der Waals surface area contributed by atoms with Crippen LogP contribution in [0.3, 0.4) is 0 Å². The van der Waals surface area contributed by atoms with E-state index in [0.717, 1.165) is 60.9 Å². The van der Waals surface area contributed by atoms with E-state index in [1.54, 1.807) is 6.33 Å². The summed E-state index contributed by atoms with van der Waals surface area (Å²) in [6.07, 6.45) is 1.63. The zero-order valence-electron chi connectivity index (χ0n) is 15.5. The third-order valence-corrected chi connectivity index (χ3v) is 4.82. The van der Waals surface area contributed by atoms with Crippen molar-refractivity contribution >= 4 is 22.4 Å². The Hall–Kier alpha value is -2.67. The highest BCUT2D eigenvalue weighted by Gasteiger charge is 2.19. The molecule has 1 aromatic carbocycles. The largest absolute Gasteiger partial charge is 0.369 e. The van der Waals surface area contributed by atoms with Crippen LogP contribution in [0.15, 0.2) is 35.1 Å². The van der Waals surface area contributed by atoms with Gasteiger partial charge in [-0.25, -0.2) is 9.97 Å². The number of rotatable bonds is 4. The molecule has 0 radical (unpaired) electrons. The minimum Gasteiger partial charge on any atom is -0.369 e. The molecule has 1 fully saturated rings. The summed E-state index contributed by atoms with van der Waals surface area (Å²) < 4.78 is 5.16. The summed E-state index contributed by atoms with van der Waals surface area (Å²) in [6.45, 7) is 6.79. The first-order chi connectivity index (χ1) is 12.6. The van der Waals surface area contributed by atoms with E-state index in [1.807, 2.05) is 32.0 Å². The molecular formula is C19H24N6O. The first kappa shape index (κ1) is 16.8. The molecule has 3 aromatic rings. The Kier molecular flexibility index (Phi) is 4.46. The summed E-state index contributed by atoms with van der Waals surface area (Å²) in [4.78, 5) is 15.7. The number of piperazine rings is 1. The van der Waals surface area contributed by atoms with E-state index in [4.69, 9.17) is 4.52 Å². The zero-order chi connectivity index (χ0) is 18.1. The fourth-order valence-electron chi connectivity index (χ4n) is 3.47. The van der Waals surface area contributed by atoms with Crippen LogP contribution in [0.5, 0.6) is 0 Å². The lowest BCUT2D eigenvalue weighted by molar-refractivity contribution is 0.242. The third kappa shape index (κ3) is 3.35. The van der Waals surface area contributed by atoms with E-state index >= 15 is 0 Å². The van der Waals surface area contributed by atoms with Crippen LogP contribution < -0.4 is 9.80 Å². The van der Waals surface area contributed by atoms with Gasteiger partial charge in [-0.3, -0.25) is 4.90 Å². The molecule has 1 aliphatic rings. The predicted octanol–water partition coefficient (Wildman–Crippen LogP) is 2.31. The highest BCUT2D eigenvalue weighted by molar-refractivity contribution is 5.91. The van der Waals surface area contributed by atoms with Crippen LogP contribution in [0.1, 0.15) is 11.5 Å². The van der Waals surface area contributed by atoms with Crippen LogP contribution in [-0.2, 0) is 6.54 Å². The maximum Gasteiger partial charge on any atom is 0.139 e. The van der Waals surface area contributed by atoms with Crippen molar-refractivity contribution in [3.05, 3.63) is 42.0 Å². The van der Waals surface area contributed by atoms with Crippen LogP contribution in [0.25, 0.3) is 10.9 Å². The summed E-state index contributed by atoms with van der Waals surface area (Å²) in [5, 5.41) is 5.19. The molecule has 0 spiro atoms. The number of benzene rings is 1. The number of aromatic nitrogens is 3. The number of nitrogens with zero attached hydrogens (tertiary/aromatic N) is 6. The average Bonchev–Trinajstić information content (AvgIpc) is 3.06. The van der Waals surface area contributed by atoms with Crippen molar-refractivity contribution in [3.8, 4) is 0 Å². The van der Waals surface area contributed by atoms with Gasteiger partial charge in [0.1, 0.15) is 17.9 Å². The minimum atomic E-state index is 0.849. The summed E-state index contributed by atoms with van der Waals surface area (Å²) in [5.74, 6) is 1.82. The van der Waals surface area contributed by atoms with E-state index < -0.39 is 0 Å². The molecule has 0 N–H and O–H groups in total. The molecule has 0 saturated carbocycles. The zero-order valence-corrected chi connectivity index (χ0v) is 15.5. The van der Waals surface area contributed by atoms with Crippen molar-refractivity contribution < 1.29 is 4.52 Å². The predicted molar refractivity (Wildman–Crippen MR) is 103 cm³/mol. The maximum atomic E-state index is 5.16. The SMILES string of the molecule is Cc1cc(CN2CCN(c3ccc4ncnc(N(C)C)c4c3)CC2)no1. The fraction of sp³-hybridized carbons (Fsp3) is 0.421. The second kappa shape index (κ2) is 6.92. The molecule has 26 heavy (non-hydrogen) atoms. The quantitative estimate of drug-likeness (QED) is 0.714. The van der Waals surface area contributed by atoms with Gasteiger partial charge in [0.2, 0.25) is 0 Å². The number of fused-ring (bicyclic) bond motifs is 1. The molecule has 7 nitrogen and oxygen atoms in total. The lowest BCUT2D eigenvalue weighted by Crippen LogP contribution is -2.46. The Bertz CT molecular complexity index is 898. The topological polar surface area (TPSA) is 61.5 Å². The van der Waals surface area contributed by atoms with E-state index in [1.165, 1.54) is 5.69 Å². The van der Waals surface area contributed by atoms with Gasteiger partial charge >= 0.3 is 0 Å². The Morgan fingerprint density at radius 3 is 2.58 bits per heavy atom. The average molecular weight is 352 g/mol. The monoisotopic (exact) mass is 352 g/mol. The highest BCUT2D eigenvalue weighted by atomic mass is 16.5. The molecule has 3 heterocycles. The van der Waals surface area contributed by atoms with Crippen LogP contribution in [0.4, 0.5) is 11.5 Å². The van der Waals surface area contributed by atoms with Crippen molar-refractivity contribution in [1.82, 2.24) is 20.0 Å². The van der Waals surface area contributed by atoms with E-state index in [2.05, 4.69) is 43.1 Å². The Labute approximate surface area is 153 Å². The van der Waals surface area contributed by atoms with E-state index in [9.17, 15) is 0 Å². The van der Waals surface area contributed by atoms with Gasteiger partial charge in [-0.2, -0.15) is 0 Å². The van der Waals surface area contributed by atoms with Crippen molar-refractivity contribution in [2.45, 2.75) is 13.5 Å². The number of hydrogen-bond donors (Lipinski definition) is 0. The van der Waals surface area contributed by atoms with Gasteiger partial charge in [-0.15, -0.1) is 0 Å². The number of aryl methyl sites for hydroxylation is 1. The Balaban J connectivity index is 1.48. The van der Waals surface area contributed by atoms with Crippen molar-refractivity contribution in [1.29, 1.82) is 0 Å². The standard InChI is InChI=1S/C19H24N6O/c1-14-10-15(22-26-14)12-24-6-8-25(9-7-24)16-4-5-18-17(11-16)19(23(2)3)21-13-20-18/h4-5,10-11,13H,6-9,12H2,1-3H3. The first-order valence-corrected chi connectivity index (χ1v) is 8.92. The molecule has 2 aromatic heterocycles. The molecule has 136 valence electrons. The van der Waals surface area contributed by atoms with Gasteiger partial charge in [0, 0.05) is 64.0 Å². The lowest BCUT2D eigenvalue weighted by Gasteiger charge is -2.35. The van der Waals surface area contributed by atoms with Crippen LogP contribution in [-0.4, -0.2) is 60.3 Å². The van der Waals surface area contributed by atoms with Crippen molar-refractivity contribution in [2.75, 3.05) is 50.1 Å². The second-order valence-corrected chi connectivity index (χ2v) is 6.99. The van der Waals surface area contributed by atoms with Gasteiger partial charge in [-0.05, 0) is 25.1 Å². The maximum absolute atomic E-state index is 5.16. The number of hydrogen-bond acceptors (Lipinski definition) is 7. The molecule has 0 bridgehead atoms. The molecule has 1 aliphatic heterocycles. The molecule has 0 amide bonds. The summed E-state index contributed by atoms with van der Waals surface area (Å²) in [5.41, 5.74) is 3.22. The first-order valence-electron chi connectivity index (χ1n) is 8.92. The van der Waals surface area contributed by atoms with Gasteiger partial charge < -0.3 is 14.3 Å². The summed E-state index contributed by atoms with van der Waals surface area (Å²) >= 11 is 0. The van der Waals surface area contributed by atoms with Crippen LogP contribution >= 0.6 is 0 Å². The van der Waals surface area contributed by atoms with E-state index in [0.29, 0.717) is 0 Å². The van der Waals surface area contributed by atoms with Crippen molar-refractivity contribution in [3.63, 3.8) is 0 Å². The molecule has 0 unspecified atom stereocenters. The molecular weight excluding hydrogens is 328 g/mol. The smallest absolute Gasteiger partial charge is 0.139 e. The Morgan fingerprint density at radius 2 is 1.88 bits per heavy atom. The molecule has 0 aliphatic carbocycles. The minimum absolute atomic E-state index is 0.849. The molecule has 0 atom stereocenters. The number of anilines is 2. The van der Waals surface area contributed by atoms with Gasteiger partial charge in [0.25, 0.3) is 0 Å². The highest BCUT2D eigenvalue weighted by Crippen LogP contribution is 2.27. The lowest BCUT2D eigenvalue weighted by atomic mass is 10.1. The molecule has 1 saturated heterocycles. The van der Waals surface area contributed by atoms with Crippen molar-refractivity contribution in [2.24, 2.45) is 0 Å². The fourth-order valence-corrected chi connectivity index (χ4v) is 3.47. The van der Waals surface area contributed by atoms with Crippen LogP contribution in [0.2, 0.25) is 0 Å². The van der Waals surface area contributed by atoms with E-state index in [-0.39, 0.29) is 0 Å². The normalized spacial score (nSPS) is 15.6. The second-order valence-electron chi connectivity index (χ2n) is 6.99. The molecule has 4 rings (SSSR count). The Morgan fingerprint density at radius 1 is 1.08 bits per heavy atom. The van der Waals surface area contributed by atoms with Crippen LogP contribution in [0, 0.1) is 6.92 Å². The van der Waals surface area contributed by atoms with Gasteiger partial charge in [0.05, 0.1) is 11.2 Å². The summed E-state index contributed by atoms with van der Waals surface area (Å²) in [7, 11) is 4.03.